The minimum Gasteiger partial charge on any atom is -0.313 e. The molecule has 1 aromatic heterocycles. The average Bonchev–Trinajstić information content (AvgIpc) is 2.97. The number of hydrogen-bond donors (Lipinski definition) is 3. The maximum Gasteiger partial charge on any atom is 0.260 e. The van der Waals surface area contributed by atoms with Crippen molar-refractivity contribution in [3.63, 3.8) is 0 Å². The SMILES string of the molecule is CCNCc1c(S(=O)(=O)NCC2(C)CC2)n[nH]c1C. The summed E-state index contributed by atoms with van der Waals surface area (Å²) in [6.45, 7) is 7.69. The van der Waals surface area contributed by atoms with Gasteiger partial charge >= 0.3 is 0 Å². The Labute approximate surface area is 114 Å². The summed E-state index contributed by atoms with van der Waals surface area (Å²) in [6.07, 6.45) is 2.17. The summed E-state index contributed by atoms with van der Waals surface area (Å²) >= 11 is 0. The summed E-state index contributed by atoms with van der Waals surface area (Å²) in [5.41, 5.74) is 1.65. The minimum atomic E-state index is -3.53. The van der Waals surface area contributed by atoms with Gasteiger partial charge in [-0.2, -0.15) is 5.10 Å². The number of rotatable bonds is 7. The molecule has 1 aliphatic rings. The third-order valence-electron chi connectivity index (χ3n) is 3.63. The lowest BCUT2D eigenvalue weighted by molar-refractivity contribution is 0.527. The highest BCUT2D eigenvalue weighted by Gasteiger charge is 2.38. The molecule has 0 bridgehead atoms. The van der Waals surface area contributed by atoms with Gasteiger partial charge < -0.3 is 5.32 Å². The molecule has 6 nitrogen and oxygen atoms in total. The molecule has 0 radical (unpaired) electrons. The second kappa shape index (κ2) is 5.22. The van der Waals surface area contributed by atoms with E-state index in [1.165, 1.54) is 0 Å². The predicted octanol–water partition coefficient (Wildman–Crippen LogP) is 0.906. The third-order valence-corrected chi connectivity index (χ3v) is 5.01. The van der Waals surface area contributed by atoms with Crippen LogP contribution in [0.2, 0.25) is 0 Å². The highest BCUT2D eigenvalue weighted by Crippen LogP contribution is 2.44. The van der Waals surface area contributed by atoms with E-state index >= 15 is 0 Å². The molecule has 0 unspecified atom stereocenters. The van der Waals surface area contributed by atoms with Crippen molar-refractivity contribution in [2.75, 3.05) is 13.1 Å². The van der Waals surface area contributed by atoms with E-state index in [4.69, 9.17) is 0 Å². The van der Waals surface area contributed by atoms with Gasteiger partial charge in [-0.05, 0) is 31.7 Å². The van der Waals surface area contributed by atoms with Crippen LogP contribution in [0.15, 0.2) is 5.03 Å². The number of sulfonamides is 1. The highest BCUT2D eigenvalue weighted by atomic mass is 32.2. The van der Waals surface area contributed by atoms with Gasteiger partial charge in [-0.15, -0.1) is 0 Å². The van der Waals surface area contributed by atoms with Gasteiger partial charge in [-0.25, -0.2) is 13.1 Å². The van der Waals surface area contributed by atoms with Gasteiger partial charge in [-0.1, -0.05) is 13.8 Å². The Kier molecular flexibility index (Phi) is 3.98. The molecule has 1 heterocycles. The Morgan fingerprint density at radius 3 is 2.68 bits per heavy atom. The molecule has 19 heavy (non-hydrogen) atoms. The summed E-state index contributed by atoms with van der Waals surface area (Å²) in [4.78, 5) is 0. The lowest BCUT2D eigenvalue weighted by atomic mass is 10.2. The Bertz CT molecular complexity index is 546. The first kappa shape index (κ1) is 14.5. The standard InChI is InChI=1S/C12H22N4O2S/c1-4-13-7-10-9(2)15-16-11(10)19(17,18)14-8-12(3)5-6-12/h13-14H,4-8H2,1-3H3,(H,15,16). The second-order valence-electron chi connectivity index (χ2n) is 5.55. The maximum absolute atomic E-state index is 12.3. The summed E-state index contributed by atoms with van der Waals surface area (Å²) < 4.78 is 27.2. The molecule has 2 rings (SSSR count). The van der Waals surface area contributed by atoms with E-state index in [9.17, 15) is 8.42 Å². The molecule has 1 saturated carbocycles. The molecule has 0 atom stereocenters. The maximum atomic E-state index is 12.3. The molecular formula is C12H22N4O2S. The van der Waals surface area contributed by atoms with E-state index in [1.807, 2.05) is 13.8 Å². The van der Waals surface area contributed by atoms with Crippen LogP contribution in [0.1, 0.15) is 37.9 Å². The van der Waals surface area contributed by atoms with Crippen LogP contribution in [-0.4, -0.2) is 31.7 Å². The van der Waals surface area contributed by atoms with E-state index < -0.39 is 10.0 Å². The number of aromatic nitrogens is 2. The molecule has 0 amide bonds. The Balaban J connectivity index is 2.14. The molecule has 108 valence electrons. The fourth-order valence-corrected chi connectivity index (χ4v) is 3.23. The molecule has 7 heteroatoms. The highest BCUT2D eigenvalue weighted by molar-refractivity contribution is 7.89. The number of hydrogen-bond acceptors (Lipinski definition) is 4. The van der Waals surface area contributed by atoms with Gasteiger partial charge in [0.05, 0.1) is 0 Å². The monoisotopic (exact) mass is 286 g/mol. The largest absolute Gasteiger partial charge is 0.313 e. The predicted molar refractivity (Wildman–Crippen MR) is 73.2 cm³/mol. The molecule has 0 spiro atoms. The third kappa shape index (κ3) is 3.34. The molecule has 1 aromatic rings. The molecular weight excluding hydrogens is 264 g/mol. The van der Waals surface area contributed by atoms with Gasteiger partial charge in [0, 0.05) is 24.3 Å². The van der Waals surface area contributed by atoms with Gasteiger partial charge in [0.25, 0.3) is 10.0 Å². The van der Waals surface area contributed by atoms with E-state index in [2.05, 4.69) is 27.2 Å². The van der Waals surface area contributed by atoms with Gasteiger partial charge in [0.2, 0.25) is 0 Å². The summed E-state index contributed by atoms with van der Waals surface area (Å²) in [6, 6.07) is 0. The van der Waals surface area contributed by atoms with Crippen LogP contribution in [0.3, 0.4) is 0 Å². The number of aromatic amines is 1. The fraction of sp³-hybridized carbons (Fsp3) is 0.750. The molecule has 0 aliphatic heterocycles. The van der Waals surface area contributed by atoms with Crippen molar-refractivity contribution in [2.24, 2.45) is 5.41 Å². The Morgan fingerprint density at radius 1 is 1.42 bits per heavy atom. The number of H-pyrrole nitrogens is 1. The van der Waals surface area contributed by atoms with E-state index in [-0.39, 0.29) is 10.4 Å². The topological polar surface area (TPSA) is 86.9 Å². The van der Waals surface area contributed by atoms with Crippen molar-refractivity contribution in [3.05, 3.63) is 11.3 Å². The van der Waals surface area contributed by atoms with Gasteiger partial charge in [0.15, 0.2) is 5.03 Å². The second-order valence-corrected chi connectivity index (χ2v) is 7.23. The van der Waals surface area contributed by atoms with Crippen molar-refractivity contribution in [1.82, 2.24) is 20.2 Å². The van der Waals surface area contributed by atoms with E-state index in [0.717, 1.165) is 30.6 Å². The fourth-order valence-electron chi connectivity index (χ4n) is 1.84. The van der Waals surface area contributed by atoms with Crippen LogP contribution < -0.4 is 10.0 Å². The molecule has 1 fully saturated rings. The molecule has 0 aromatic carbocycles. The summed E-state index contributed by atoms with van der Waals surface area (Å²) in [5.74, 6) is 0. The van der Waals surface area contributed by atoms with Crippen LogP contribution in [0.4, 0.5) is 0 Å². The first-order valence-electron chi connectivity index (χ1n) is 6.62. The number of nitrogens with one attached hydrogen (secondary N) is 3. The Morgan fingerprint density at radius 2 is 2.11 bits per heavy atom. The van der Waals surface area contributed by atoms with Crippen molar-refractivity contribution in [1.29, 1.82) is 0 Å². The normalized spacial score (nSPS) is 17.6. The Hall–Kier alpha value is -0.920. The van der Waals surface area contributed by atoms with Crippen LogP contribution in [0.25, 0.3) is 0 Å². The van der Waals surface area contributed by atoms with Gasteiger partial charge in [-0.3, -0.25) is 5.10 Å². The van der Waals surface area contributed by atoms with Crippen LogP contribution in [0.5, 0.6) is 0 Å². The zero-order valence-corrected chi connectivity index (χ0v) is 12.5. The van der Waals surface area contributed by atoms with Crippen LogP contribution >= 0.6 is 0 Å². The van der Waals surface area contributed by atoms with Crippen LogP contribution in [-0.2, 0) is 16.6 Å². The first-order valence-corrected chi connectivity index (χ1v) is 8.10. The smallest absolute Gasteiger partial charge is 0.260 e. The molecule has 3 N–H and O–H groups in total. The van der Waals surface area contributed by atoms with Crippen molar-refractivity contribution >= 4 is 10.0 Å². The van der Waals surface area contributed by atoms with Crippen molar-refractivity contribution in [3.8, 4) is 0 Å². The summed E-state index contributed by atoms with van der Waals surface area (Å²) in [7, 11) is -3.53. The molecule has 1 aliphatic carbocycles. The zero-order valence-electron chi connectivity index (χ0n) is 11.7. The molecule has 0 saturated heterocycles. The average molecular weight is 286 g/mol. The van der Waals surface area contributed by atoms with Crippen LogP contribution in [0, 0.1) is 12.3 Å². The number of aryl methyl sites for hydroxylation is 1. The quantitative estimate of drug-likeness (QED) is 0.695. The minimum absolute atomic E-state index is 0.121. The number of nitrogens with zero attached hydrogens (tertiary/aromatic N) is 1. The zero-order chi connectivity index (χ0) is 14.1. The lowest BCUT2D eigenvalue weighted by Gasteiger charge is -2.10. The van der Waals surface area contributed by atoms with E-state index in [1.54, 1.807) is 0 Å². The first-order chi connectivity index (χ1) is 8.88. The van der Waals surface area contributed by atoms with Crippen molar-refractivity contribution in [2.45, 2.75) is 45.2 Å². The van der Waals surface area contributed by atoms with E-state index in [0.29, 0.717) is 13.1 Å². The van der Waals surface area contributed by atoms with Gasteiger partial charge in [0.1, 0.15) is 0 Å². The summed E-state index contributed by atoms with van der Waals surface area (Å²) in [5, 5.41) is 9.96. The van der Waals surface area contributed by atoms with Crippen molar-refractivity contribution < 1.29 is 8.42 Å². The lowest BCUT2D eigenvalue weighted by Crippen LogP contribution is -2.30.